The Kier molecular flexibility index (Phi) is 4.79. The van der Waals surface area contributed by atoms with Crippen molar-refractivity contribution in [1.29, 1.82) is 0 Å². The van der Waals surface area contributed by atoms with Gasteiger partial charge in [-0.1, -0.05) is 12.1 Å². The highest BCUT2D eigenvalue weighted by Gasteiger charge is 2.11. The van der Waals surface area contributed by atoms with Crippen LogP contribution < -0.4 is 15.6 Å². The van der Waals surface area contributed by atoms with E-state index in [9.17, 15) is 14.0 Å². The molecule has 0 saturated heterocycles. The Balaban J connectivity index is 1.70. The zero-order valence-corrected chi connectivity index (χ0v) is 13.6. The molecule has 3 rings (SSSR count). The molecule has 0 atom stereocenters. The average molecular weight is 340 g/mol. The van der Waals surface area contributed by atoms with Gasteiger partial charge in [0.15, 0.2) is 0 Å². The van der Waals surface area contributed by atoms with Crippen LogP contribution in [0.1, 0.15) is 15.9 Å². The van der Waals surface area contributed by atoms with Gasteiger partial charge in [-0.3, -0.25) is 9.59 Å². The van der Waals surface area contributed by atoms with Gasteiger partial charge in [0.05, 0.1) is 18.2 Å². The lowest BCUT2D eigenvalue weighted by atomic mass is 10.1. The molecule has 0 aliphatic carbocycles. The molecule has 2 aromatic carbocycles. The molecule has 0 unspecified atom stereocenters. The maximum absolute atomic E-state index is 13.2. The Morgan fingerprint density at radius 2 is 2.00 bits per heavy atom. The zero-order valence-electron chi connectivity index (χ0n) is 13.6. The molecule has 1 aromatic heterocycles. The molecule has 0 radical (unpaired) electrons. The predicted octanol–water partition coefficient (Wildman–Crippen LogP) is 2.65. The highest BCUT2D eigenvalue weighted by Crippen LogP contribution is 2.17. The predicted molar refractivity (Wildman–Crippen MR) is 93.6 cm³/mol. The first kappa shape index (κ1) is 16.7. The number of benzene rings is 2. The Morgan fingerprint density at radius 3 is 2.80 bits per heavy atom. The van der Waals surface area contributed by atoms with Gasteiger partial charge in [-0.15, -0.1) is 0 Å². The summed E-state index contributed by atoms with van der Waals surface area (Å²) in [4.78, 5) is 27.0. The molecule has 128 valence electrons. The number of fused-ring (bicyclic) bond motifs is 1. The van der Waals surface area contributed by atoms with Crippen LogP contribution in [-0.2, 0) is 6.42 Å². The van der Waals surface area contributed by atoms with E-state index in [0.717, 1.165) is 5.39 Å². The molecule has 0 fully saturated rings. The van der Waals surface area contributed by atoms with Crippen LogP contribution in [0.3, 0.4) is 0 Å². The van der Waals surface area contributed by atoms with E-state index in [0.29, 0.717) is 35.4 Å². The summed E-state index contributed by atoms with van der Waals surface area (Å²) in [6.45, 7) is 0.298. The van der Waals surface area contributed by atoms with Crippen LogP contribution in [0, 0.1) is 5.82 Å². The van der Waals surface area contributed by atoms with E-state index in [2.05, 4.69) is 10.3 Å². The number of pyridine rings is 1. The summed E-state index contributed by atoms with van der Waals surface area (Å²) in [5.74, 6) is -0.178. The van der Waals surface area contributed by atoms with E-state index in [-0.39, 0.29) is 11.5 Å². The number of amides is 1. The van der Waals surface area contributed by atoms with E-state index in [1.165, 1.54) is 19.2 Å². The number of hydrogen-bond acceptors (Lipinski definition) is 3. The van der Waals surface area contributed by atoms with Crippen LogP contribution in [0.25, 0.3) is 10.9 Å². The Bertz CT molecular complexity index is 982. The third kappa shape index (κ3) is 3.68. The van der Waals surface area contributed by atoms with Crippen LogP contribution in [0.4, 0.5) is 4.39 Å². The number of halogens is 1. The van der Waals surface area contributed by atoms with E-state index < -0.39 is 5.82 Å². The van der Waals surface area contributed by atoms with Crippen molar-refractivity contribution in [1.82, 2.24) is 10.3 Å². The SMILES string of the molecule is COc1ccccc1C(=O)NCCc1cc2ccc(F)cc2[nH]c1=O. The lowest BCUT2D eigenvalue weighted by Crippen LogP contribution is -2.27. The summed E-state index contributed by atoms with van der Waals surface area (Å²) >= 11 is 0. The molecule has 0 aliphatic heterocycles. The number of hydrogen-bond donors (Lipinski definition) is 2. The first-order valence-electron chi connectivity index (χ1n) is 7.81. The summed E-state index contributed by atoms with van der Waals surface area (Å²) < 4.78 is 18.4. The summed E-state index contributed by atoms with van der Waals surface area (Å²) in [5, 5.41) is 3.52. The highest BCUT2D eigenvalue weighted by molar-refractivity contribution is 5.96. The Labute approximate surface area is 143 Å². The van der Waals surface area contributed by atoms with E-state index in [1.54, 1.807) is 36.4 Å². The minimum Gasteiger partial charge on any atom is -0.496 e. The molecule has 0 bridgehead atoms. The number of methoxy groups -OCH3 is 1. The second-order valence-corrected chi connectivity index (χ2v) is 5.56. The summed E-state index contributed by atoms with van der Waals surface area (Å²) in [5.41, 5.74) is 1.13. The normalized spacial score (nSPS) is 10.6. The average Bonchev–Trinajstić information content (AvgIpc) is 2.62. The van der Waals surface area contributed by atoms with Crippen molar-refractivity contribution in [2.45, 2.75) is 6.42 Å². The zero-order chi connectivity index (χ0) is 17.8. The van der Waals surface area contributed by atoms with Crippen molar-refractivity contribution in [2.24, 2.45) is 0 Å². The van der Waals surface area contributed by atoms with E-state index >= 15 is 0 Å². The Hall–Kier alpha value is -3.15. The molecule has 6 heteroatoms. The van der Waals surface area contributed by atoms with E-state index in [1.807, 2.05) is 0 Å². The number of ether oxygens (including phenoxy) is 1. The van der Waals surface area contributed by atoms with Gasteiger partial charge >= 0.3 is 0 Å². The first-order valence-corrected chi connectivity index (χ1v) is 7.81. The fraction of sp³-hybridized carbons (Fsp3) is 0.158. The van der Waals surface area contributed by atoms with Crippen molar-refractivity contribution in [2.75, 3.05) is 13.7 Å². The number of carbonyl (C=O) groups is 1. The van der Waals surface area contributed by atoms with Gasteiger partial charge in [0.1, 0.15) is 11.6 Å². The highest BCUT2D eigenvalue weighted by atomic mass is 19.1. The van der Waals surface area contributed by atoms with Gasteiger partial charge in [-0.2, -0.15) is 0 Å². The minimum absolute atomic E-state index is 0.267. The van der Waals surface area contributed by atoms with Crippen LogP contribution in [0.15, 0.2) is 53.3 Å². The van der Waals surface area contributed by atoms with Crippen molar-refractivity contribution < 1.29 is 13.9 Å². The van der Waals surface area contributed by atoms with Gasteiger partial charge in [-0.05, 0) is 48.2 Å². The molecular weight excluding hydrogens is 323 g/mol. The fourth-order valence-corrected chi connectivity index (χ4v) is 2.64. The fourth-order valence-electron chi connectivity index (χ4n) is 2.64. The van der Waals surface area contributed by atoms with Crippen LogP contribution in [0.2, 0.25) is 0 Å². The molecule has 0 saturated carbocycles. The van der Waals surface area contributed by atoms with Crippen LogP contribution in [0.5, 0.6) is 5.75 Å². The number of H-pyrrole nitrogens is 1. The molecule has 1 amide bonds. The first-order chi connectivity index (χ1) is 12.1. The monoisotopic (exact) mass is 340 g/mol. The number of aromatic amines is 1. The second-order valence-electron chi connectivity index (χ2n) is 5.56. The standard InChI is InChI=1S/C19H17FN2O3/c1-25-17-5-3-2-4-15(17)19(24)21-9-8-13-10-12-6-7-14(20)11-16(12)22-18(13)23/h2-7,10-11H,8-9H2,1H3,(H,21,24)(H,22,23). The van der Waals surface area contributed by atoms with Crippen molar-refractivity contribution in [3.05, 3.63) is 75.8 Å². The third-order valence-electron chi connectivity index (χ3n) is 3.92. The number of para-hydroxylation sites is 1. The summed E-state index contributed by atoms with van der Waals surface area (Å²) in [6, 6.07) is 12.9. The second kappa shape index (κ2) is 7.17. The lowest BCUT2D eigenvalue weighted by molar-refractivity contribution is 0.0951. The number of rotatable bonds is 5. The van der Waals surface area contributed by atoms with Gasteiger partial charge in [0, 0.05) is 12.1 Å². The van der Waals surface area contributed by atoms with Crippen molar-refractivity contribution in [3.8, 4) is 5.75 Å². The Morgan fingerprint density at radius 1 is 1.20 bits per heavy atom. The molecule has 1 heterocycles. The minimum atomic E-state index is -0.403. The maximum Gasteiger partial charge on any atom is 0.255 e. The van der Waals surface area contributed by atoms with E-state index in [4.69, 9.17) is 4.74 Å². The molecule has 3 aromatic rings. The van der Waals surface area contributed by atoms with Gasteiger partial charge < -0.3 is 15.0 Å². The number of carbonyl (C=O) groups excluding carboxylic acids is 1. The number of nitrogens with one attached hydrogen (secondary N) is 2. The van der Waals surface area contributed by atoms with Gasteiger partial charge in [0.25, 0.3) is 11.5 Å². The van der Waals surface area contributed by atoms with Gasteiger partial charge in [0.2, 0.25) is 0 Å². The maximum atomic E-state index is 13.2. The number of aromatic nitrogens is 1. The summed E-state index contributed by atoms with van der Waals surface area (Å²) in [7, 11) is 1.50. The largest absolute Gasteiger partial charge is 0.496 e. The van der Waals surface area contributed by atoms with Crippen LogP contribution in [-0.4, -0.2) is 24.5 Å². The topological polar surface area (TPSA) is 71.2 Å². The van der Waals surface area contributed by atoms with Gasteiger partial charge in [-0.25, -0.2) is 4.39 Å². The molecule has 25 heavy (non-hydrogen) atoms. The quantitative estimate of drug-likeness (QED) is 0.750. The molecule has 0 spiro atoms. The van der Waals surface area contributed by atoms with Crippen LogP contribution >= 0.6 is 0 Å². The van der Waals surface area contributed by atoms with Crippen molar-refractivity contribution >= 4 is 16.8 Å². The lowest BCUT2D eigenvalue weighted by Gasteiger charge is -2.09. The summed E-state index contributed by atoms with van der Waals surface area (Å²) in [6.07, 6.45) is 0.365. The third-order valence-corrected chi connectivity index (χ3v) is 3.92. The van der Waals surface area contributed by atoms with Crippen molar-refractivity contribution in [3.63, 3.8) is 0 Å². The smallest absolute Gasteiger partial charge is 0.255 e. The molecule has 2 N–H and O–H groups in total. The molecular formula is C19H17FN2O3. The molecule has 0 aliphatic rings. The molecule has 5 nitrogen and oxygen atoms in total.